The van der Waals surface area contributed by atoms with Crippen LogP contribution in [0.1, 0.15) is 4.88 Å². The molecule has 2 aromatic rings. The third kappa shape index (κ3) is 4.79. The molecule has 2 N–H and O–H groups in total. The van der Waals surface area contributed by atoms with Crippen molar-refractivity contribution in [3.8, 4) is 23.1 Å². The molecule has 0 aliphatic carbocycles. The second kappa shape index (κ2) is 6.89. The Bertz CT molecular complexity index is 774. The van der Waals surface area contributed by atoms with Crippen LogP contribution in [-0.4, -0.2) is 10.7 Å². The Morgan fingerprint density at radius 1 is 1.35 bits per heavy atom. The summed E-state index contributed by atoms with van der Waals surface area (Å²) in [6, 6.07) is 8.76. The fraction of sp³-hybridized carbons (Fsp3) is 0.0769. The van der Waals surface area contributed by atoms with Gasteiger partial charge in [0.2, 0.25) is 0 Å². The van der Waals surface area contributed by atoms with Crippen LogP contribution in [0, 0.1) is 11.3 Å². The first-order chi connectivity index (χ1) is 10.9. The molecule has 2 rings (SSSR count). The van der Waals surface area contributed by atoms with Crippen LogP contribution in [0.4, 0.5) is 13.2 Å². The van der Waals surface area contributed by atoms with Gasteiger partial charge >= 0.3 is 6.36 Å². The number of benzene rings is 1. The number of nitriles is 1. The molecule has 1 aromatic heterocycles. The molecule has 0 fully saturated rings. The van der Waals surface area contributed by atoms with Crippen molar-refractivity contribution in [2.45, 2.75) is 6.36 Å². The van der Waals surface area contributed by atoms with Crippen LogP contribution < -0.4 is 10.6 Å². The summed E-state index contributed by atoms with van der Waals surface area (Å²) >= 11 is 1.10. The molecule has 118 valence electrons. The van der Waals surface area contributed by atoms with Crippen LogP contribution in [0.2, 0.25) is 0 Å². The highest BCUT2D eigenvalue weighted by Crippen LogP contribution is 2.28. The quantitative estimate of drug-likeness (QED) is 0.395. The van der Waals surface area contributed by atoms with Crippen molar-refractivity contribution < 1.29 is 17.9 Å². The maximum atomic E-state index is 12.1. The number of hydrogen-bond acceptors (Lipinski definition) is 6. The minimum absolute atomic E-state index is 0.0108. The maximum absolute atomic E-state index is 12.1. The monoisotopic (exact) mass is 339 g/mol. The Hall–Kier alpha value is -2.93. The highest BCUT2D eigenvalue weighted by Gasteiger charge is 2.30. The topological polar surface area (TPSA) is 96.6 Å². The predicted molar refractivity (Wildman–Crippen MR) is 76.9 cm³/mol. The van der Waals surface area contributed by atoms with E-state index in [1.165, 1.54) is 30.3 Å². The van der Waals surface area contributed by atoms with E-state index >= 15 is 0 Å². The van der Waals surface area contributed by atoms with Crippen molar-refractivity contribution in [3.05, 3.63) is 40.9 Å². The minimum Gasteiger partial charge on any atom is -0.406 e. The number of alkyl halides is 3. The van der Waals surface area contributed by atoms with Gasteiger partial charge in [0.25, 0.3) is 0 Å². The molecule has 0 amide bonds. The normalized spacial score (nSPS) is 12.3. The smallest absolute Gasteiger partial charge is 0.406 e. The summed E-state index contributed by atoms with van der Waals surface area (Å²) in [5.74, 6) is 4.56. The lowest BCUT2D eigenvalue weighted by molar-refractivity contribution is -0.274. The third-order valence-electron chi connectivity index (χ3n) is 2.47. The molecule has 23 heavy (non-hydrogen) atoms. The fourth-order valence-corrected chi connectivity index (χ4v) is 2.29. The maximum Gasteiger partial charge on any atom is 0.573 e. The van der Waals surface area contributed by atoms with Crippen LogP contribution in [0.3, 0.4) is 0 Å². The minimum atomic E-state index is -4.73. The molecule has 0 atom stereocenters. The molecule has 0 spiro atoms. The van der Waals surface area contributed by atoms with Crippen LogP contribution >= 0.6 is 11.5 Å². The number of halogens is 3. The molecule has 0 saturated heterocycles. The van der Waals surface area contributed by atoms with Gasteiger partial charge < -0.3 is 10.6 Å². The molecule has 0 aliphatic heterocycles. The first-order valence-corrected chi connectivity index (χ1v) is 6.74. The van der Waals surface area contributed by atoms with Gasteiger partial charge in [-0.25, -0.2) is 0 Å². The SMILES string of the molecule is N#C/C(=C\c1cc(-c2ccc(OC(F)(F)F)cc2)ns1)N=NN. The number of rotatable bonds is 4. The molecule has 0 saturated carbocycles. The summed E-state index contributed by atoms with van der Waals surface area (Å²) in [5.41, 5.74) is 1.16. The van der Waals surface area contributed by atoms with Crippen molar-refractivity contribution in [2.24, 2.45) is 16.2 Å². The zero-order chi connectivity index (χ0) is 16.9. The van der Waals surface area contributed by atoms with Crippen molar-refractivity contribution in [1.29, 1.82) is 5.26 Å². The molecule has 6 nitrogen and oxygen atoms in total. The van der Waals surface area contributed by atoms with E-state index in [1.807, 2.05) is 0 Å². The van der Waals surface area contributed by atoms with Gasteiger partial charge in [0, 0.05) is 5.56 Å². The number of nitrogens with two attached hydrogens (primary N) is 1. The summed E-state index contributed by atoms with van der Waals surface area (Å²) < 4.78 is 44.2. The number of hydrogen-bond donors (Lipinski definition) is 1. The first-order valence-electron chi connectivity index (χ1n) is 5.97. The molecule has 0 radical (unpaired) electrons. The zero-order valence-electron chi connectivity index (χ0n) is 11.3. The fourth-order valence-electron chi connectivity index (χ4n) is 1.60. The second-order valence-electron chi connectivity index (χ2n) is 4.04. The summed E-state index contributed by atoms with van der Waals surface area (Å²) in [4.78, 5) is 0.625. The van der Waals surface area contributed by atoms with Gasteiger partial charge in [-0.15, -0.1) is 18.3 Å². The Morgan fingerprint density at radius 2 is 2.04 bits per heavy atom. The van der Waals surface area contributed by atoms with Crippen molar-refractivity contribution in [1.82, 2.24) is 4.37 Å². The number of nitrogens with zero attached hydrogens (tertiary/aromatic N) is 4. The van der Waals surface area contributed by atoms with Gasteiger partial charge in [0.1, 0.15) is 11.8 Å². The van der Waals surface area contributed by atoms with Crippen LogP contribution in [0.15, 0.2) is 46.4 Å². The Kier molecular flexibility index (Phi) is 4.92. The average Bonchev–Trinajstić information content (AvgIpc) is 2.94. The van der Waals surface area contributed by atoms with E-state index in [4.69, 9.17) is 11.1 Å². The van der Waals surface area contributed by atoms with Gasteiger partial charge in [0.15, 0.2) is 5.70 Å². The standard InChI is InChI=1S/C13H8F3N5OS/c14-13(15,16)22-10-3-1-8(2-4-10)12-6-11(23-20-12)5-9(7-17)19-21-18/h1-6H,(H2,18,19)/b9-5+. The van der Waals surface area contributed by atoms with E-state index in [0.717, 1.165) is 11.5 Å². The molecule has 0 aliphatic rings. The van der Waals surface area contributed by atoms with Gasteiger partial charge in [0.05, 0.1) is 10.6 Å². The Balaban J connectivity index is 2.19. The first kappa shape index (κ1) is 16.4. The number of aromatic nitrogens is 1. The van der Waals surface area contributed by atoms with Crippen molar-refractivity contribution in [3.63, 3.8) is 0 Å². The van der Waals surface area contributed by atoms with E-state index in [2.05, 4.69) is 19.4 Å². The van der Waals surface area contributed by atoms with Crippen molar-refractivity contribution >= 4 is 17.6 Å². The predicted octanol–water partition coefficient (Wildman–Crippen LogP) is 3.90. The average molecular weight is 339 g/mol. The summed E-state index contributed by atoms with van der Waals surface area (Å²) in [7, 11) is 0. The van der Waals surface area contributed by atoms with Crippen LogP contribution in [0.5, 0.6) is 5.75 Å². The van der Waals surface area contributed by atoms with Gasteiger partial charge in [-0.05, 0) is 47.9 Å². The lowest BCUT2D eigenvalue weighted by atomic mass is 10.1. The highest BCUT2D eigenvalue weighted by atomic mass is 32.1. The second-order valence-corrected chi connectivity index (χ2v) is 4.88. The van der Waals surface area contributed by atoms with Crippen molar-refractivity contribution in [2.75, 3.05) is 0 Å². The molecular formula is C13H8F3N5OS. The molecule has 0 unspecified atom stereocenters. The molecule has 10 heteroatoms. The molecule has 1 heterocycles. The molecule has 1 aromatic carbocycles. The van der Waals surface area contributed by atoms with Gasteiger partial charge in [-0.2, -0.15) is 9.64 Å². The van der Waals surface area contributed by atoms with E-state index in [9.17, 15) is 13.2 Å². The van der Waals surface area contributed by atoms with Crippen LogP contribution in [-0.2, 0) is 0 Å². The molecule has 0 bridgehead atoms. The molecular weight excluding hydrogens is 331 g/mol. The van der Waals surface area contributed by atoms with E-state index < -0.39 is 6.36 Å². The lowest BCUT2D eigenvalue weighted by Crippen LogP contribution is -2.16. The van der Waals surface area contributed by atoms with E-state index in [1.54, 1.807) is 12.1 Å². The summed E-state index contributed by atoms with van der Waals surface area (Å²) in [6.07, 6.45) is -3.29. The van der Waals surface area contributed by atoms with E-state index in [-0.39, 0.29) is 11.4 Å². The van der Waals surface area contributed by atoms with E-state index in [0.29, 0.717) is 16.1 Å². The van der Waals surface area contributed by atoms with Gasteiger partial charge in [-0.3, -0.25) is 0 Å². The van der Waals surface area contributed by atoms with Crippen LogP contribution in [0.25, 0.3) is 17.3 Å². The Morgan fingerprint density at radius 3 is 2.61 bits per heavy atom. The zero-order valence-corrected chi connectivity index (χ0v) is 12.1. The highest BCUT2D eigenvalue weighted by molar-refractivity contribution is 7.07. The van der Waals surface area contributed by atoms with Gasteiger partial charge in [-0.1, -0.05) is 5.22 Å². The number of allylic oxidation sites excluding steroid dienone is 1. The Labute approximate surface area is 132 Å². The number of ether oxygens (including phenoxy) is 1. The third-order valence-corrected chi connectivity index (χ3v) is 3.21. The summed E-state index contributed by atoms with van der Waals surface area (Å²) in [5, 5.41) is 15.3. The summed E-state index contributed by atoms with van der Waals surface area (Å²) in [6.45, 7) is 0. The lowest BCUT2D eigenvalue weighted by Gasteiger charge is -2.08. The largest absolute Gasteiger partial charge is 0.573 e.